The zero-order chi connectivity index (χ0) is 30.1. The second kappa shape index (κ2) is 9.63. The Hall–Kier alpha value is -5.74. The predicted molar refractivity (Wildman–Crippen MR) is 184 cm³/mol. The van der Waals surface area contributed by atoms with Crippen LogP contribution in [0.1, 0.15) is 25.1 Å². The van der Waals surface area contributed by atoms with Crippen LogP contribution in [-0.2, 0) is 5.41 Å². The summed E-state index contributed by atoms with van der Waals surface area (Å²) in [5.74, 6) is 0.718. The second-order valence-electron chi connectivity index (χ2n) is 12.3. The van der Waals surface area contributed by atoms with Crippen LogP contribution in [0.2, 0.25) is 0 Å². The molecule has 0 fully saturated rings. The number of hydrogen-bond donors (Lipinski definition) is 0. The summed E-state index contributed by atoms with van der Waals surface area (Å²) in [7, 11) is 0. The second-order valence-corrected chi connectivity index (χ2v) is 12.3. The van der Waals surface area contributed by atoms with Crippen molar-refractivity contribution < 1.29 is 0 Å². The van der Waals surface area contributed by atoms with Crippen molar-refractivity contribution in [2.24, 2.45) is 0 Å². The molecule has 0 radical (unpaired) electrons. The standard InChI is InChI=1S/C41H30N4/c1-41(2)31-23-13-15-25-35(31)45-38(36-30-22-12-14-24-34(30)44(37(36)39(41)45)29-20-10-5-11-21-29)40-42-32(27-16-6-3-7-17-27)26-33(43-40)28-18-8-4-9-19-28/h3-26H,1-2H3. The Morgan fingerprint density at radius 3 is 1.78 bits per heavy atom. The highest BCUT2D eigenvalue weighted by Gasteiger charge is 2.42. The number of hydrogen-bond acceptors (Lipinski definition) is 2. The molecule has 4 heterocycles. The normalized spacial score (nSPS) is 13.3. The summed E-state index contributed by atoms with van der Waals surface area (Å²) in [5.41, 5.74) is 12.0. The smallest absolute Gasteiger partial charge is 0.178 e. The van der Waals surface area contributed by atoms with E-state index in [4.69, 9.17) is 9.97 Å². The lowest BCUT2D eigenvalue weighted by molar-refractivity contribution is 0.646. The van der Waals surface area contributed by atoms with Crippen molar-refractivity contribution >= 4 is 21.8 Å². The Bertz CT molecular complexity index is 2320. The largest absolute Gasteiger partial charge is 0.307 e. The van der Waals surface area contributed by atoms with Crippen molar-refractivity contribution in [1.29, 1.82) is 0 Å². The molecule has 4 heteroatoms. The molecule has 9 rings (SSSR count). The molecule has 4 nitrogen and oxygen atoms in total. The van der Waals surface area contributed by atoms with Gasteiger partial charge in [0.1, 0.15) is 5.69 Å². The topological polar surface area (TPSA) is 35.6 Å². The first-order valence-electron chi connectivity index (χ1n) is 15.5. The van der Waals surface area contributed by atoms with Gasteiger partial charge < -0.3 is 9.13 Å². The van der Waals surface area contributed by atoms with Gasteiger partial charge in [-0.05, 0) is 35.9 Å². The van der Waals surface area contributed by atoms with E-state index >= 15 is 0 Å². The van der Waals surface area contributed by atoms with Crippen LogP contribution in [0.3, 0.4) is 0 Å². The maximum atomic E-state index is 5.37. The summed E-state index contributed by atoms with van der Waals surface area (Å²) in [6, 6.07) is 51.2. The van der Waals surface area contributed by atoms with Crippen molar-refractivity contribution in [3.05, 3.63) is 157 Å². The fourth-order valence-electron chi connectivity index (χ4n) is 7.30. The summed E-state index contributed by atoms with van der Waals surface area (Å²) in [6.07, 6.45) is 0. The molecular weight excluding hydrogens is 548 g/mol. The summed E-state index contributed by atoms with van der Waals surface area (Å²) in [4.78, 5) is 10.7. The third-order valence-electron chi connectivity index (χ3n) is 9.28. The van der Waals surface area contributed by atoms with Crippen molar-refractivity contribution in [2.45, 2.75) is 19.3 Å². The number of aromatic nitrogens is 4. The van der Waals surface area contributed by atoms with E-state index in [1.165, 1.54) is 38.8 Å². The van der Waals surface area contributed by atoms with Crippen LogP contribution in [0.25, 0.3) is 67.2 Å². The molecule has 0 bridgehead atoms. The van der Waals surface area contributed by atoms with Crippen LogP contribution in [0.5, 0.6) is 0 Å². The number of nitrogens with zero attached hydrogens (tertiary/aromatic N) is 4. The van der Waals surface area contributed by atoms with Crippen LogP contribution in [0.4, 0.5) is 0 Å². The van der Waals surface area contributed by atoms with Gasteiger partial charge in [-0.3, -0.25) is 0 Å². The van der Waals surface area contributed by atoms with Crippen LogP contribution in [-0.4, -0.2) is 19.1 Å². The Morgan fingerprint density at radius 1 is 0.556 bits per heavy atom. The lowest BCUT2D eigenvalue weighted by atomic mass is 9.83. The van der Waals surface area contributed by atoms with E-state index in [0.717, 1.165) is 39.7 Å². The molecule has 0 unspecified atom stereocenters. The van der Waals surface area contributed by atoms with E-state index in [0.29, 0.717) is 0 Å². The quantitative estimate of drug-likeness (QED) is 0.208. The Labute approximate surface area is 261 Å². The molecule has 0 N–H and O–H groups in total. The van der Waals surface area contributed by atoms with Gasteiger partial charge in [0, 0.05) is 33.0 Å². The SMILES string of the molecule is CC1(C)c2ccccc2-n2c(-c3nc(-c4ccccc4)cc(-c4ccccc4)n3)c3c4ccccc4n(-c4ccccc4)c3c21. The molecule has 0 amide bonds. The minimum Gasteiger partial charge on any atom is -0.307 e. The van der Waals surface area contributed by atoms with Crippen LogP contribution < -0.4 is 0 Å². The molecule has 214 valence electrons. The zero-order valence-corrected chi connectivity index (χ0v) is 25.1. The third-order valence-corrected chi connectivity index (χ3v) is 9.28. The maximum Gasteiger partial charge on any atom is 0.178 e. The molecule has 0 aliphatic carbocycles. The molecule has 0 saturated heterocycles. The van der Waals surface area contributed by atoms with Gasteiger partial charge in [0.05, 0.1) is 33.8 Å². The number of fused-ring (bicyclic) bond motifs is 7. The summed E-state index contributed by atoms with van der Waals surface area (Å²) in [5, 5.41) is 2.37. The first kappa shape index (κ1) is 25.7. The average Bonchev–Trinajstić information content (AvgIpc) is 3.69. The molecule has 45 heavy (non-hydrogen) atoms. The van der Waals surface area contributed by atoms with E-state index in [1.54, 1.807) is 0 Å². The van der Waals surface area contributed by atoms with E-state index < -0.39 is 0 Å². The highest BCUT2D eigenvalue weighted by molar-refractivity contribution is 6.17. The first-order valence-corrected chi connectivity index (χ1v) is 15.5. The van der Waals surface area contributed by atoms with E-state index in [9.17, 15) is 0 Å². The van der Waals surface area contributed by atoms with E-state index in [2.05, 4.69) is 156 Å². The minimum atomic E-state index is -0.257. The molecule has 1 aliphatic heterocycles. The number of rotatable bonds is 4. The molecule has 1 aliphatic rings. The molecule has 5 aromatic carbocycles. The lowest BCUT2D eigenvalue weighted by Gasteiger charge is -2.20. The summed E-state index contributed by atoms with van der Waals surface area (Å²) in [6.45, 7) is 4.69. The average molecular weight is 579 g/mol. The van der Waals surface area contributed by atoms with Gasteiger partial charge in [-0.15, -0.1) is 0 Å². The van der Waals surface area contributed by atoms with Gasteiger partial charge in [-0.25, -0.2) is 9.97 Å². The minimum absolute atomic E-state index is 0.257. The summed E-state index contributed by atoms with van der Waals surface area (Å²) < 4.78 is 4.89. The predicted octanol–water partition coefficient (Wildman–Crippen LogP) is 10.0. The number of para-hydroxylation sites is 3. The Morgan fingerprint density at radius 2 is 1.11 bits per heavy atom. The van der Waals surface area contributed by atoms with Gasteiger partial charge in [-0.2, -0.15) is 0 Å². The molecule has 8 aromatic rings. The molecule has 3 aromatic heterocycles. The Kier molecular flexibility index (Phi) is 5.51. The van der Waals surface area contributed by atoms with Crippen molar-refractivity contribution in [3.63, 3.8) is 0 Å². The van der Waals surface area contributed by atoms with Crippen LogP contribution >= 0.6 is 0 Å². The van der Waals surface area contributed by atoms with Crippen LogP contribution in [0.15, 0.2) is 146 Å². The van der Waals surface area contributed by atoms with Gasteiger partial charge in [0.2, 0.25) is 0 Å². The van der Waals surface area contributed by atoms with Crippen molar-refractivity contribution in [2.75, 3.05) is 0 Å². The Balaban J connectivity index is 1.48. The molecular formula is C41H30N4. The van der Waals surface area contributed by atoms with Crippen molar-refractivity contribution in [3.8, 4) is 45.4 Å². The molecule has 0 atom stereocenters. The third kappa shape index (κ3) is 3.72. The molecule has 0 saturated carbocycles. The van der Waals surface area contributed by atoms with Gasteiger partial charge in [0.25, 0.3) is 0 Å². The highest BCUT2D eigenvalue weighted by Crippen LogP contribution is 2.53. The van der Waals surface area contributed by atoms with Crippen molar-refractivity contribution in [1.82, 2.24) is 19.1 Å². The van der Waals surface area contributed by atoms with Gasteiger partial charge in [0.15, 0.2) is 5.82 Å². The van der Waals surface area contributed by atoms with E-state index in [1.807, 2.05) is 12.1 Å². The zero-order valence-electron chi connectivity index (χ0n) is 25.1. The van der Waals surface area contributed by atoms with Gasteiger partial charge in [-0.1, -0.05) is 129 Å². The summed E-state index contributed by atoms with van der Waals surface area (Å²) >= 11 is 0. The fourth-order valence-corrected chi connectivity index (χ4v) is 7.30. The molecule has 0 spiro atoms. The first-order chi connectivity index (χ1) is 22.1. The van der Waals surface area contributed by atoms with Crippen LogP contribution in [0, 0.1) is 0 Å². The lowest BCUT2D eigenvalue weighted by Crippen LogP contribution is -2.16. The van der Waals surface area contributed by atoms with Gasteiger partial charge >= 0.3 is 0 Å². The maximum absolute atomic E-state index is 5.37. The van der Waals surface area contributed by atoms with E-state index in [-0.39, 0.29) is 5.41 Å². The monoisotopic (exact) mass is 578 g/mol. The number of benzene rings is 5. The fraction of sp³-hybridized carbons (Fsp3) is 0.0732. The highest BCUT2D eigenvalue weighted by atomic mass is 15.1.